The fraction of sp³-hybridized carbons (Fsp3) is 0.400. The van der Waals surface area contributed by atoms with Gasteiger partial charge in [0, 0.05) is 18.7 Å². The van der Waals surface area contributed by atoms with Crippen molar-refractivity contribution in [3.05, 3.63) is 22.9 Å². The summed E-state index contributed by atoms with van der Waals surface area (Å²) in [5.74, 6) is -0.0851. The summed E-state index contributed by atoms with van der Waals surface area (Å²) in [6, 6.07) is 3.47. The summed E-state index contributed by atoms with van der Waals surface area (Å²) in [6.45, 7) is 1.96. The van der Waals surface area contributed by atoms with Crippen molar-refractivity contribution < 1.29 is 4.79 Å². The molecular weight excluding hydrogens is 258 g/mol. The second kappa shape index (κ2) is 5.82. The van der Waals surface area contributed by atoms with Crippen molar-refractivity contribution in [3.8, 4) is 0 Å². The van der Waals surface area contributed by atoms with Gasteiger partial charge in [0.2, 0.25) is 5.91 Å². The normalized spacial score (nSPS) is 12.2. The van der Waals surface area contributed by atoms with Gasteiger partial charge >= 0.3 is 0 Å². The van der Waals surface area contributed by atoms with Crippen molar-refractivity contribution >= 4 is 27.5 Å². The van der Waals surface area contributed by atoms with Crippen LogP contribution in [-0.2, 0) is 4.79 Å². The first kappa shape index (κ1) is 12.1. The van der Waals surface area contributed by atoms with E-state index in [0.717, 1.165) is 6.42 Å². The maximum Gasteiger partial charge on any atom is 0.226 e. The van der Waals surface area contributed by atoms with Gasteiger partial charge in [-0.15, -0.1) is 0 Å². The van der Waals surface area contributed by atoms with Gasteiger partial charge in [-0.25, -0.2) is 4.98 Å². The molecule has 1 aromatic heterocycles. The number of carbonyl (C=O) groups is 1. The van der Waals surface area contributed by atoms with Gasteiger partial charge in [0.05, 0.1) is 5.69 Å². The molecule has 0 spiro atoms. The molecule has 0 aliphatic carbocycles. The maximum atomic E-state index is 11.5. The Morgan fingerprint density at radius 3 is 3.07 bits per heavy atom. The average molecular weight is 272 g/mol. The van der Waals surface area contributed by atoms with E-state index in [4.69, 9.17) is 5.73 Å². The maximum absolute atomic E-state index is 11.5. The lowest BCUT2D eigenvalue weighted by Gasteiger charge is -2.09. The number of aromatic nitrogens is 1. The molecule has 1 unspecified atom stereocenters. The molecule has 1 amide bonds. The van der Waals surface area contributed by atoms with E-state index in [2.05, 4.69) is 26.2 Å². The van der Waals surface area contributed by atoms with Gasteiger partial charge in [0.1, 0.15) is 4.60 Å². The smallest absolute Gasteiger partial charge is 0.226 e. The number of nitrogens with zero attached hydrogens (tertiary/aromatic N) is 1. The zero-order chi connectivity index (χ0) is 11.3. The summed E-state index contributed by atoms with van der Waals surface area (Å²) in [4.78, 5) is 15.5. The molecule has 15 heavy (non-hydrogen) atoms. The lowest BCUT2D eigenvalue weighted by atomic mass is 10.1. The molecule has 1 atom stereocenters. The Labute approximate surface area is 97.4 Å². The molecule has 0 aliphatic rings. The SMILES string of the molecule is CCC(N)CC(=O)Nc1cccnc1Br. The van der Waals surface area contributed by atoms with Crippen molar-refractivity contribution in [1.82, 2.24) is 4.98 Å². The molecule has 0 radical (unpaired) electrons. The quantitative estimate of drug-likeness (QED) is 0.823. The van der Waals surface area contributed by atoms with Crippen LogP contribution in [-0.4, -0.2) is 16.9 Å². The van der Waals surface area contributed by atoms with Gasteiger partial charge in [0.25, 0.3) is 0 Å². The van der Waals surface area contributed by atoms with Gasteiger partial charge in [-0.3, -0.25) is 4.79 Å². The van der Waals surface area contributed by atoms with E-state index >= 15 is 0 Å². The summed E-state index contributed by atoms with van der Waals surface area (Å²) >= 11 is 3.25. The van der Waals surface area contributed by atoms with Crippen molar-refractivity contribution in [2.45, 2.75) is 25.8 Å². The minimum absolute atomic E-state index is 0.0829. The zero-order valence-electron chi connectivity index (χ0n) is 8.53. The van der Waals surface area contributed by atoms with Crippen LogP contribution >= 0.6 is 15.9 Å². The Hall–Kier alpha value is -0.940. The molecule has 0 saturated carbocycles. The number of hydrogen-bond donors (Lipinski definition) is 2. The van der Waals surface area contributed by atoms with Gasteiger partial charge in [-0.05, 0) is 34.5 Å². The predicted octanol–water partition coefficient (Wildman–Crippen LogP) is 1.91. The van der Waals surface area contributed by atoms with Crippen molar-refractivity contribution in [2.75, 3.05) is 5.32 Å². The van der Waals surface area contributed by atoms with E-state index in [9.17, 15) is 4.79 Å². The van der Waals surface area contributed by atoms with Crippen molar-refractivity contribution in [1.29, 1.82) is 0 Å². The van der Waals surface area contributed by atoms with Crippen LogP contribution in [0.1, 0.15) is 19.8 Å². The molecule has 1 heterocycles. The molecule has 3 N–H and O–H groups in total. The average Bonchev–Trinajstić information content (AvgIpc) is 2.21. The Morgan fingerprint density at radius 2 is 2.47 bits per heavy atom. The molecule has 0 aromatic carbocycles. The highest BCUT2D eigenvalue weighted by Gasteiger charge is 2.09. The Bertz CT molecular complexity index is 343. The van der Waals surface area contributed by atoms with E-state index in [1.54, 1.807) is 18.3 Å². The molecule has 0 aliphatic heterocycles. The number of anilines is 1. The van der Waals surface area contributed by atoms with Gasteiger partial charge in [0.15, 0.2) is 0 Å². The first-order valence-corrected chi connectivity index (χ1v) is 5.58. The van der Waals surface area contributed by atoms with E-state index in [1.165, 1.54) is 0 Å². The molecule has 4 nitrogen and oxygen atoms in total. The molecule has 1 aromatic rings. The lowest BCUT2D eigenvalue weighted by Crippen LogP contribution is -2.26. The zero-order valence-corrected chi connectivity index (χ0v) is 10.1. The van der Waals surface area contributed by atoms with Crippen LogP contribution in [0.5, 0.6) is 0 Å². The summed E-state index contributed by atoms with van der Waals surface area (Å²) < 4.78 is 0.628. The number of nitrogens with one attached hydrogen (secondary N) is 1. The van der Waals surface area contributed by atoms with Crippen molar-refractivity contribution in [2.24, 2.45) is 5.73 Å². The minimum Gasteiger partial charge on any atom is -0.327 e. The number of nitrogens with two attached hydrogens (primary N) is 1. The van der Waals surface area contributed by atoms with E-state index in [-0.39, 0.29) is 11.9 Å². The van der Waals surface area contributed by atoms with E-state index < -0.39 is 0 Å². The Balaban J connectivity index is 2.55. The third-order valence-corrected chi connectivity index (χ3v) is 2.64. The molecule has 0 fully saturated rings. The molecule has 0 saturated heterocycles. The van der Waals surface area contributed by atoms with Gasteiger partial charge in [-0.1, -0.05) is 6.92 Å². The fourth-order valence-corrected chi connectivity index (χ4v) is 1.41. The van der Waals surface area contributed by atoms with Crippen LogP contribution in [0.4, 0.5) is 5.69 Å². The second-order valence-corrected chi connectivity index (χ2v) is 4.01. The number of rotatable bonds is 4. The largest absolute Gasteiger partial charge is 0.327 e. The first-order chi connectivity index (χ1) is 7.13. The van der Waals surface area contributed by atoms with Crippen LogP contribution in [0.3, 0.4) is 0 Å². The number of pyridine rings is 1. The lowest BCUT2D eigenvalue weighted by molar-refractivity contribution is -0.116. The summed E-state index contributed by atoms with van der Waals surface area (Å²) in [7, 11) is 0. The number of halogens is 1. The van der Waals surface area contributed by atoms with Gasteiger partial charge < -0.3 is 11.1 Å². The van der Waals surface area contributed by atoms with Crippen LogP contribution in [0, 0.1) is 0 Å². The van der Waals surface area contributed by atoms with Crippen LogP contribution in [0.25, 0.3) is 0 Å². The molecule has 1 rings (SSSR count). The molecular formula is C10H14BrN3O. The highest BCUT2D eigenvalue weighted by molar-refractivity contribution is 9.10. The summed E-state index contributed by atoms with van der Waals surface area (Å²) in [6.07, 6.45) is 2.77. The van der Waals surface area contributed by atoms with E-state index in [0.29, 0.717) is 16.7 Å². The topological polar surface area (TPSA) is 68.0 Å². The monoisotopic (exact) mass is 271 g/mol. The first-order valence-electron chi connectivity index (χ1n) is 4.79. The van der Waals surface area contributed by atoms with Crippen LogP contribution in [0.2, 0.25) is 0 Å². The Morgan fingerprint density at radius 1 is 1.73 bits per heavy atom. The molecule has 0 bridgehead atoms. The molecule has 5 heteroatoms. The highest BCUT2D eigenvalue weighted by Crippen LogP contribution is 2.18. The number of amides is 1. The van der Waals surface area contributed by atoms with Crippen LogP contribution in [0.15, 0.2) is 22.9 Å². The minimum atomic E-state index is -0.0851. The predicted molar refractivity (Wildman–Crippen MR) is 63.5 cm³/mol. The Kier molecular flexibility index (Phi) is 4.71. The van der Waals surface area contributed by atoms with Crippen molar-refractivity contribution in [3.63, 3.8) is 0 Å². The summed E-state index contributed by atoms with van der Waals surface area (Å²) in [5, 5.41) is 2.75. The standard InChI is InChI=1S/C10H14BrN3O/c1-2-7(12)6-9(15)14-8-4-3-5-13-10(8)11/h3-5,7H,2,6,12H2,1H3,(H,14,15). The second-order valence-electron chi connectivity index (χ2n) is 3.26. The summed E-state index contributed by atoms with van der Waals surface area (Å²) in [5.41, 5.74) is 6.35. The number of hydrogen-bond acceptors (Lipinski definition) is 3. The third kappa shape index (κ3) is 3.97. The van der Waals surface area contributed by atoms with Crippen LogP contribution < -0.4 is 11.1 Å². The van der Waals surface area contributed by atoms with Gasteiger partial charge in [-0.2, -0.15) is 0 Å². The fourth-order valence-electron chi connectivity index (χ4n) is 1.06. The van der Waals surface area contributed by atoms with E-state index in [1.807, 2.05) is 6.92 Å². The third-order valence-electron chi connectivity index (χ3n) is 2.01. The highest BCUT2D eigenvalue weighted by atomic mass is 79.9. The number of carbonyl (C=O) groups excluding carboxylic acids is 1. The molecule has 82 valence electrons.